The van der Waals surface area contributed by atoms with Crippen molar-refractivity contribution in [3.05, 3.63) is 107 Å². The molecule has 2 amide bonds. The van der Waals surface area contributed by atoms with Crippen LogP contribution in [0.15, 0.2) is 96.6 Å². The summed E-state index contributed by atoms with van der Waals surface area (Å²) < 4.78 is 28.6. The van der Waals surface area contributed by atoms with Crippen molar-refractivity contribution in [3.63, 3.8) is 0 Å². The second-order valence-corrected chi connectivity index (χ2v) is 18.5. The fraction of sp³-hybridized carbons (Fsp3) is 0.340. The molecule has 0 aliphatic heterocycles. The van der Waals surface area contributed by atoms with Gasteiger partial charge in [0.25, 0.3) is 5.91 Å². The van der Waals surface area contributed by atoms with Gasteiger partial charge in [-0.1, -0.05) is 38.3 Å². The lowest BCUT2D eigenvalue weighted by Gasteiger charge is -2.32. The van der Waals surface area contributed by atoms with Crippen LogP contribution in [-0.4, -0.2) is 65.7 Å². The number of imide groups is 1. The molecule has 0 aliphatic rings. The molecule has 0 atom stereocenters. The van der Waals surface area contributed by atoms with Crippen LogP contribution in [-0.2, 0) is 29.3 Å². The Bertz CT molecular complexity index is 2160. The first-order valence-corrected chi connectivity index (χ1v) is 24.0. The summed E-state index contributed by atoms with van der Waals surface area (Å²) in [6, 6.07) is 33.0. The topological polar surface area (TPSA) is 111 Å². The van der Waals surface area contributed by atoms with E-state index in [1.54, 1.807) is 52.4 Å². The van der Waals surface area contributed by atoms with E-state index in [4.69, 9.17) is 22.8 Å². The molecular weight excluding hydrogens is 811 g/mol. The zero-order valence-electron chi connectivity index (χ0n) is 35.6. The lowest BCUT2D eigenvalue weighted by Crippen LogP contribution is -2.57. The Morgan fingerprint density at radius 3 is 1.75 bits per heavy atom. The number of unbranched alkanes of at least 4 members (excludes halogenated alkanes) is 3. The Kier molecular flexibility index (Phi) is 17.3. The van der Waals surface area contributed by atoms with Crippen molar-refractivity contribution in [1.82, 2.24) is 4.90 Å². The number of thiophene rings is 2. The van der Waals surface area contributed by atoms with E-state index >= 15 is 0 Å². The van der Waals surface area contributed by atoms with Gasteiger partial charge in [-0.15, -0.1) is 22.7 Å². The summed E-state index contributed by atoms with van der Waals surface area (Å²) in [5.41, 5.74) is 5.23. The quantitative estimate of drug-likeness (QED) is 0.0291. The number of nitrogens with zero attached hydrogens (tertiary/aromatic N) is 3. The second kappa shape index (κ2) is 22.5. The van der Waals surface area contributed by atoms with Crippen molar-refractivity contribution in [2.24, 2.45) is 0 Å². The van der Waals surface area contributed by atoms with Crippen LogP contribution in [0.3, 0.4) is 0 Å². The highest BCUT2D eigenvalue weighted by molar-refractivity contribution is 7.24. The van der Waals surface area contributed by atoms with Crippen LogP contribution < -0.4 is 14.4 Å². The van der Waals surface area contributed by atoms with Gasteiger partial charge in [-0.2, -0.15) is 5.26 Å². The normalized spacial score (nSPS) is 11.6. The van der Waals surface area contributed by atoms with Gasteiger partial charge in [-0.25, -0.2) is 0 Å². The van der Waals surface area contributed by atoms with Crippen molar-refractivity contribution in [2.75, 3.05) is 45.1 Å². The van der Waals surface area contributed by atoms with E-state index in [2.05, 4.69) is 42.2 Å². The van der Waals surface area contributed by atoms with Crippen LogP contribution in [0.5, 0.6) is 11.5 Å². The Labute approximate surface area is 363 Å². The number of hydrogen-bond acceptors (Lipinski definition) is 11. The summed E-state index contributed by atoms with van der Waals surface area (Å²) >= 11 is 3.26. The van der Waals surface area contributed by atoms with Gasteiger partial charge >= 0.3 is 8.80 Å². The monoisotopic (exact) mass is 865 g/mol. The highest BCUT2D eigenvalue weighted by Gasteiger charge is 2.45. The third-order valence-electron chi connectivity index (χ3n) is 9.74. The van der Waals surface area contributed by atoms with Crippen molar-refractivity contribution in [3.8, 4) is 37.8 Å². The number of carbonyl (C=O) groups is 2. The molecule has 5 rings (SSSR count). The van der Waals surface area contributed by atoms with Crippen LogP contribution >= 0.6 is 22.7 Å². The van der Waals surface area contributed by atoms with Crippen molar-refractivity contribution in [1.29, 1.82) is 5.26 Å². The first kappa shape index (κ1) is 46.0. The lowest BCUT2D eigenvalue weighted by molar-refractivity contribution is -0.140. The summed E-state index contributed by atoms with van der Waals surface area (Å²) in [4.78, 5) is 34.0. The molecule has 3 aromatic carbocycles. The van der Waals surface area contributed by atoms with E-state index in [0.29, 0.717) is 0 Å². The van der Waals surface area contributed by atoms with Crippen molar-refractivity contribution < 1.29 is 32.3 Å². The van der Waals surface area contributed by atoms with Crippen molar-refractivity contribution in [2.45, 2.75) is 66.7 Å². The molecule has 0 saturated heterocycles. The van der Waals surface area contributed by atoms with E-state index in [0.717, 1.165) is 79.3 Å². The molecule has 0 unspecified atom stereocenters. The first-order valence-electron chi connectivity index (χ1n) is 20.4. The number of methoxy groups -OCH3 is 2. The average Bonchev–Trinajstić information content (AvgIpc) is 3.91. The number of aryl methyl sites for hydroxylation is 1. The zero-order chi connectivity index (χ0) is 43.1. The molecule has 2 aromatic heterocycles. The Hall–Kier alpha value is -5.07. The van der Waals surface area contributed by atoms with Crippen LogP contribution in [0.4, 0.5) is 17.1 Å². The maximum Gasteiger partial charge on any atom is 0.522 e. The van der Waals surface area contributed by atoms with Gasteiger partial charge in [0.1, 0.15) is 23.1 Å². The maximum absolute atomic E-state index is 13.8. The van der Waals surface area contributed by atoms with Gasteiger partial charge in [0, 0.05) is 63.3 Å². The molecule has 0 aliphatic carbocycles. The number of rotatable bonds is 22. The van der Waals surface area contributed by atoms with E-state index < -0.39 is 20.6 Å². The average molecular weight is 866 g/mol. The molecule has 0 N–H and O–H groups in total. The van der Waals surface area contributed by atoms with Crippen LogP contribution in [0.2, 0.25) is 0 Å². The minimum atomic E-state index is -3.43. The van der Waals surface area contributed by atoms with Crippen LogP contribution in [0.1, 0.15) is 70.7 Å². The van der Waals surface area contributed by atoms with E-state index in [-0.39, 0.29) is 31.6 Å². The fourth-order valence-corrected chi connectivity index (χ4v) is 11.7. The number of carbonyl (C=O) groups excluding carboxylic acids is 2. The second-order valence-electron chi connectivity index (χ2n) is 13.8. The van der Waals surface area contributed by atoms with Crippen molar-refractivity contribution >= 4 is 66.4 Å². The van der Waals surface area contributed by atoms with E-state index in [1.165, 1.54) is 35.1 Å². The number of benzene rings is 3. The third-order valence-corrected chi connectivity index (χ3v) is 15.1. The summed E-state index contributed by atoms with van der Waals surface area (Å²) in [6.07, 6.45) is 6.89. The van der Waals surface area contributed by atoms with Gasteiger partial charge in [-0.3, -0.25) is 14.5 Å². The van der Waals surface area contributed by atoms with Gasteiger partial charge < -0.3 is 27.7 Å². The van der Waals surface area contributed by atoms with Gasteiger partial charge in [0.15, 0.2) is 0 Å². The third kappa shape index (κ3) is 11.6. The molecule has 60 heavy (non-hydrogen) atoms. The molecule has 5 aromatic rings. The van der Waals surface area contributed by atoms with Gasteiger partial charge in [-0.05, 0) is 130 Å². The van der Waals surface area contributed by atoms with Gasteiger partial charge in [0.05, 0.1) is 20.4 Å². The predicted molar refractivity (Wildman–Crippen MR) is 245 cm³/mol. The standard InChI is InChI=1S/C47H55N3O7S2Si/c1-8-12-13-14-15-36-31-45(35-16-18-38(19-17-35)50(39-20-24-41(53-6)25-21-39)40-22-26-42(54-7)27-23-40)59-46(36)44-29-28-43(58-44)30-37(32-48)47(52)49(34(5)51)33-60(55-9-2,56-10-3)57-11-4/h16-31H,8-15,33H2,1-7H3/b37-30+. The molecule has 0 saturated carbocycles. The maximum atomic E-state index is 13.8. The lowest BCUT2D eigenvalue weighted by atomic mass is 10.0. The molecule has 0 spiro atoms. The van der Waals surface area contributed by atoms with E-state index in [1.807, 2.05) is 66.7 Å². The number of anilines is 3. The van der Waals surface area contributed by atoms with E-state index in [9.17, 15) is 14.9 Å². The minimum absolute atomic E-state index is 0.156. The smallest absolute Gasteiger partial charge is 0.497 e. The molecule has 10 nitrogen and oxygen atoms in total. The summed E-state index contributed by atoms with van der Waals surface area (Å²) in [5, 5.41) is 10.2. The van der Waals surface area contributed by atoms with Crippen LogP contribution in [0.25, 0.3) is 26.3 Å². The van der Waals surface area contributed by atoms with Crippen LogP contribution in [0, 0.1) is 11.3 Å². The molecule has 0 fully saturated rings. The SMILES string of the molecule is CCCCCCc1cc(-c2ccc(N(c3ccc(OC)cc3)c3ccc(OC)cc3)cc2)sc1-c1ccc(/C=C(\C#N)C(=O)N(C[Si](OCC)(OCC)OCC)C(C)=O)s1. The zero-order valence-corrected chi connectivity index (χ0v) is 38.3. The Balaban J connectivity index is 1.46. The molecular formula is C47H55N3O7S2Si. The molecule has 13 heteroatoms. The fourth-order valence-electron chi connectivity index (χ4n) is 6.82. The highest BCUT2D eigenvalue weighted by atomic mass is 32.1. The highest BCUT2D eigenvalue weighted by Crippen LogP contribution is 2.43. The number of hydrogen-bond donors (Lipinski definition) is 0. The molecule has 316 valence electrons. The molecule has 0 bridgehead atoms. The summed E-state index contributed by atoms with van der Waals surface area (Å²) in [6.45, 7) is 9.79. The molecule has 0 radical (unpaired) electrons. The summed E-state index contributed by atoms with van der Waals surface area (Å²) in [5.74, 6) is 0.339. The summed E-state index contributed by atoms with van der Waals surface area (Å²) in [7, 11) is -0.0995. The largest absolute Gasteiger partial charge is 0.522 e. The number of nitriles is 1. The number of ether oxygens (including phenoxy) is 2. The Morgan fingerprint density at radius 2 is 1.27 bits per heavy atom. The predicted octanol–water partition coefficient (Wildman–Crippen LogP) is 11.6. The number of amides is 2. The minimum Gasteiger partial charge on any atom is -0.497 e. The molecule has 2 heterocycles. The first-order chi connectivity index (χ1) is 29.1. The van der Waals surface area contributed by atoms with Gasteiger partial charge in [0.2, 0.25) is 5.91 Å². The Morgan fingerprint density at radius 1 is 0.717 bits per heavy atom.